The van der Waals surface area contributed by atoms with Crippen molar-refractivity contribution in [3.63, 3.8) is 0 Å². The van der Waals surface area contributed by atoms with E-state index in [9.17, 15) is 0 Å². The Bertz CT molecular complexity index is 503. The molecule has 0 saturated carbocycles. The molecule has 0 aliphatic carbocycles. The minimum Gasteiger partial charge on any atom is -0.368 e. The van der Waals surface area contributed by atoms with E-state index < -0.39 is 0 Å². The average Bonchev–Trinajstić information content (AvgIpc) is 3.00. The van der Waals surface area contributed by atoms with Crippen LogP contribution in [0.2, 0.25) is 0 Å². The normalized spacial score (nSPS) is 18.4. The number of benzene rings is 1. The summed E-state index contributed by atoms with van der Waals surface area (Å²) in [6.07, 6.45) is 1.24. The molecule has 1 aliphatic rings. The van der Waals surface area contributed by atoms with E-state index >= 15 is 0 Å². The highest BCUT2D eigenvalue weighted by molar-refractivity contribution is 5.59. The van der Waals surface area contributed by atoms with Gasteiger partial charge in [-0.1, -0.05) is 30.3 Å². The van der Waals surface area contributed by atoms with E-state index in [1.54, 1.807) is 0 Å². The van der Waals surface area contributed by atoms with Gasteiger partial charge in [0, 0.05) is 12.1 Å². The number of rotatable bonds is 4. The molecular formula is C15H18N4. The molecule has 1 aromatic heterocycles. The smallest absolute Gasteiger partial charge is 0.148 e. The fourth-order valence-corrected chi connectivity index (χ4v) is 2.33. The van der Waals surface area contributed by atoms with Gasteiger partial charge in [0.2, 0.25) is 0 Å². The maximum absolute atomic E-state index is 4.27. The van der Waals surface area contributed by atoms with E-state index in [4.69, 9.17) is 0 Å². The molecule has 98 valence electrons. The average molecular weight is 254 g/mol. The first-order chi connectivity index (χ1) is 9.42. The largest absolute Gasteiger partial charge is 0.368 e. The molecule has 1 unspecified atom stereocenters. The molecule has 1 saturated heterocycles. The summed E-state index contributed by atoms with van der Waals surface area (Å²) >= 11 is 0. The Morgan fingerprint density at radius 1 is 1.11 bits per heavy atom. The topological polar surface area (TPSA) is 49.8 Å². The minimum absolute atomic E-state index is 0.704. The van der Waals surface area contributed by atoms with Gasteiger partial charge in [-0.2, -0.15) is 0 Å². The number of anilines is 1. The van der Waals surface area contributed by atoms with Crippen molar-refractivity contribution in [1.82, 2.24) is 15.5 Å². The number of hydrogen-bond donors (Lipinski definition) is 2. The molecule has 1 aromatic carbocycles. The first-order valence-electron chi connectivity index (χ1n) is 6.75. The predicted octanol–water partition coefficient (Wildman–Crippen LogP) is 2.17. The van der Waals surface area contributed by atoms with Gasteiger partial charge >= 0.3 is 0 Å². The Labute approximate surface area is 113 Å². The second-order valence-electron chi connectivity index (χ2n) is 4.91. The van der Waals surface area contributed by atoms with Crippen LogP contribution >= 0.6 is 0 Å². The van der Waals surface area contributed by atoms with Crippen LogP contribution in [0.3, 0.4) is 0 Å². The lowest BCUT2D eigenvalue weighted by Crippen LogP contribution is -2.17. The Morgan fingerprint density at radius 2 is 2.00 bits per heavy atom. The fourth-order valence-electron chi connectivity index (χ4n) is 2.33. The summed E-state index contributed by atoms with van der Waals surface area (Å²) in [6.45, 7) is 3.19. The van der Waals surface area contributed by atoms with E-state index in [-0.39, 0.29) is 0 Å². The SMILES string of the molecule is c1ccc(-c2ccc(NCC3CCNC3)nn2)cc1. The van der Waals surface area contributed by atoms with Crippen LogP contribution in [0.15, 0.2) is 42.5 Å². The van der Waals surface area contributed by atoms with Crippen molar-refractivity contribution in [3.05, 3.63) is 42.5 Å². The van der Waals surface area contributed by atoms with Crippen molar-refractivity contribution in [2.24, 2.45) is 5.92 Å². The highest BCUT2D eigenvalue weighted by atomic mass is 15.2. The molecule has 1 fully saturated rings. The summed E-state index contributed by atoms with van der Waals surface area (Å²) in [4.78, 5) is 0. The molecule has 1 atom stereocenters. The van der Waals surface area contributed by atoms with Crippen molar-refractivity contribution >= 4 is 5.82 Å². The molecular weight excluding hydrogens is 236 g/mol. The molecule has 1 aliphatic heterocycles. The van der Waals surface area contributed by atoms with Gasteiger partial charge in [0.1, 0.15) is 5.82 Å². The van der Waals surface area contributed by atoms with Crippen LogP contribution in [0.4, 0.5) is 5.82 Å². The molecule has 2 N–H and O–H groups in total. The van der Waals surface area contributed by atoms with Crippen molar-refractivity contribution in [1.29, 1.82) is 0 Å². The lowest BCUT2D eigenvalue weighted by molar-refractivity contribution is 0.613. The summed E-state index contributed by atoms with van der Waals surface area (Å²) in [7, 11) is 0. The molecule has 19 heavy (non-hydrogen) atoms. The zero-order valence-corrected chi connectivity index (χ0v) is 10.8. The van der Waals surface area contributed by atoms with Crippen LogP contribution in [0.25, 0.3) is 11.3 Å². The third-order valence-corrected chi connectivity index (χ3v) is 3.47. The van der Waals surface area contributed by atoms with Gasteiger partial charge in [0.15, 0.2) is 0 Å². The number of nitrogens with zero attached hydrogens (tertiary/aromatic N) is 2. The summed E-state index contributed by atoms with van der Waals surface area (Å²) in [5, 5.41) is 15.2. The molecule has 3 rings (SSSR count). The van der Waals surface area contributed by atoms with Crippen LogP contribution in [0.1, 0.15) is 6.42 Å². The predicted molar refractivity (Wildman–Crippen MR) is 76.9 cm³/mol. The maximum Gasteiger partial charge on any atom is 0.148 e. The van der Waals surface area contributed by atoms with Gasteiger partial charge in [-0.15, -0.1) is 10.2 Å². The van der Waals surface area contributed by atoms with Gasteiger partial charge in [-0.3, -0.25) is 0 Å². The summed E-state index contributed by atoms with van der Waals surface area (Å²) < 4.78 is 0. The van der Waals surface area contributed by atoms with Crippen molar-refractivity contribution in [3.8, 4) is 11.3 Å². The molecule has 2 aromatic rings. The monoisotopic (exact) mass is 254 g/mol. The van der Waals surface area contributed by atoms with Gasteiger partial charge in [0.05, 0.1) is 5.69 Å². The van der Waals surface area contributed by atoms with Gasteiger partial charge in [-0.05, 0) is 37.6 Å². The highest BCUT2D eigenvalue weighted by Crippen LogP contribution is 2.16. The van der Waals surface area contributed by atoms with Crippen molar-refractivity contribution in [2.75, 3.05) is 25.0 Å². The molecule has 2 heterocycles. The molecule has 0 amide bonds. The zero-order chi connectivity index (χ0) is 12.9. The highest BCUT2D eigenvalue weighted by Gasteiger charge is 2.13. The van der Waals surface area contributed by atoms with Crippen molar-refractivity contribution < 1.29 is 0 Å². The molecule has 0 radical (unpaired) electrons. The Kier molecular flexibility index (Phi) is 3.70. The Hall–Kier alpha value is -1.94. The van der Waals surface area contributed by atoms with E-state index in [0.29, 0.717) is 5.92 Å². The summed E-state index contributed by atoms with van der Waals surface area (Å²) in [6, 6.07) is 14.1. The van der Waals surface area contributed by atoms with Crippen molar-refractivity contribution in [2.45, 2.75) is 6.42 Å². The number of aromatic nitrogens is 2. The molecule has 0 spiro atoms. The third kappa shape index (κ3) is 3.09. The van der Waals surface area contributed by atoms with Gasteiger partial charge in [0.25, 0.3) is 0 Å². The van der Waals surface area contributed by atoms with E-state index in [1.165, 1.54) is 6.42 Å². The number of nitrogens with one attached hydrogen (secondary N) is 2. The second kappa shape index (κ2) is 5.80. The van der Waals surface area contributed by atoms with Crippen LogP contribution in [0.5, 0.6) is 0 Å². The minimum atomic E-state index is 0.704. The van der Waals surface area contributed by atoms with Gasteiger partial charge in [-0.25, -0.2) is 0 Å². The lowest BCUT2D eigenvalue weighted by Gasteiger charge is -2.10. The zero-order valence-electron chi connectivity index (χ0n) is 10.8. The van der Waals surface area contributed by atoms with Crippen LogP contribution in [-0.4, -0.2) is 29.8 Å². The summed E-state index contributed by atoms with van der Waals surface area (Å²) in [5.74, 6) is 1.56. The second-order valence-corrected chi connectivity index (χ2v) is 4.91. The maximum atomic E-state index is 4.27. The molecule has 0 bridgehead atoms. The van der Waals surface area contributed by atoms with E-state index in [0.717, 1.165) is 36.7 Å². The first kappa shape index (κ1) is 12.1. The Balaban J connectivity index is 1.62. The standard InChI is InChI=1S/C15H18N4/c1-2-4-13(5-3-1)14-6-7-15(19-18-14)17-11-12-8-9-16-10-12/h1-7,12,16H,8-11H2,(H,17,19). The van der Waals surface area contributed by atoms with Crippen LogP contribution in [-0.2, 0) is 0 Å². The molecule has 4 heteroatoms. The Morgan fingerprint density at radius 3 is 2.68 bits per heavy atom. The third-order valence-electron chi connectivity index (χ3n) is 3.47. The van der Waals surface area contributed by atoms with E-state index in [1.807, 2.05) is 42.5 Å². The summed E-state index contributed by atoms with van der Waals surface area (Å²) in [5.41, 5.74) is 2.01. The van der Waals surface area contributed by atoms with Gasteiger partial charge < -0.3 is 10.6 Å². The number of hydrogen-bond acceptors (Lipinski definition) is 4. The van der Waals surface area contributed by atoms with Crippen LogP contribution in [0, 0.1) is 5.92 Å². The molecule has 4 nitrogen and oxygen atoms in total. The fraction of sp³-hybridized carbons (Fsp3) is 0.333. The lowest BCUT2D eigenvalue weighted by atomic mass is 10.1. The quantitative estimate of drug-likeness (QED) is 0.878. The van der Waals surface area contributed by atoms with Crippen LogP contribution < -0.4 is 10.6 Å². The van der Waals surface area contributed by atoms with E-state index in [2.05, 4.69) is 20.8 Å². The first-order valence-corrected chi connectivity index (χ1v) is 6.75.